The maximum Gasteiger partial charge on any atom is 0.0524 e. The minimum atomic E-state index is 0.725. The fourth-order valence-corrected chi connectivity index (χ4v) is 6.58. The maximum absolute atomic E-state index is 2.46. The van der Waals surface area contributed by atoms with Crippen molar-refractivity contribution >= 4 is 53.3 Å². The summed E-state index contributed by atoms with van der Waals surface area (Å²) >= 11 is 1.95. The SMILES string of the molecule is Cn1c2ccc3c4ccccc4sc3c2c2cccc(C3CCCCC3)c21. The number of thiophene rings is 1. The van der Waals surface area contributed by atoms with E-state index in [-0.39, 0.29) is 0 Å². The molecule has 0 saturated heterocycles. The predicted molar refractivity (Wildman–Crippen MR) is 119 cm³/mol. The standard InChI is InChI=1S/C25H23NS/c1-26-21-15-14-19-18-10-5-6-13-22(18)27-25(19)23(21)20-12-7-11-17(24(20)26)16-8-3-2-4-9-16/h5-7,10-16H,2-4,8-9H2,1H3. The van der Waals surface area contributed by atoms with Gasteiger partial charge >= 0.3 is 0 Å². The fourth-order valence-electron chi connectivity index (χ4n) is 5.32. The molecule has 27 heavy (non-hydrogen) atoms. The number of para-hydroxylation sites is 1. The molecule has 0 aliphatic heterocycles. The number of fused-ring (bicyclic) bond motifs is 7. The zero-order valence-corrected chi connectivity index (χ0v) is 16.5. The number of aromatic nitrogens is 1. The van der Waals surface area contributed by atoms with E-state index < -0.39 is 0 Å². The van der Waals surface area contributed by atoms with Crippen molar-refractivity contribution in [2.24, 2.45) is 7.05 Å². The lowest BCUT2D eigenvalue weighted by molar-refractivity contribution is 0.445. The van der Waals surface area contributed by atoms with Gasteiger partial charge in [-0.2, -0.15) is 0 Å². The Kier molecular flexibility index (Phi) is 3.40. The van der Waals surface area contributed by atoms with Gasteiger partial charge in [0, 0.05) is 38.0 Å². The summed E-state index contributed by atoms with van der Waals surface area (Å²) in [6.45, 7) is 0. The van der Waals surface area contributed by atoms with Gasteiger partial charge in [0.05, 0.1) is 11.0 Å². The van der Waals surface area contributed by atoms with Gasteiger partial charge in [-0.1, -0.05) is 61.7 Å². The smallest absolute Gasteiger partial charge is 0.0524 e. The van der Waals surface area contributed by atoms with Crippen molar-refractivity contribution in [3.8, 4) is 0 Å². The van der Waals surface area contributed by atoms with Crippen molar-refractivity contribution < 1.29 is 0 Å². The van der Waals surface area contributed by atoms with Crippen LogP contribution in [0.15, 0.2) is 54.6 Å². The van der Waals surface area contributed by atoms with Gasteiger partial charge in [0.25, 0.3) is 0 Å². The Morgan fingerprint density at radius 3 is 2.52 bits per heavy atom. The summed E-state index contributed by atoms with van der Waals surface area (Å²) in [6, 6.07) is 20.5. The highest BCUT2D eigenvalue weighted by molar-refractivity contribution is 7.26. The van der Waals surface area contributed by atoms with Crippen LogP contribution >= 0.6 is 11.3 Å². The highest BCUT2D eigenvalue weighted by Gasteiger charge is 2.22. The number of nitrogens with zero attached hydrogens (tertiary/aromatic N) is 1. The summed E-state index contributed by atoms with van der Waals surface area (Å²) in [5.74, 6) is 0.725. The minimum Gasteiger partial charge on any atom is -0.343 e. The molecule has 1 aliphatic carbocycles. The van der Waals surface area contributed by atoms with Crippen LogP contribution in [0.4, 0.5) is 0 Å². The summed E-state index contributed by atoms with van der Waals surface area (Å²) in [5, 5.41) is 5.68. The quantitative estimate of drug-likeness (QED) is 0.285. The van der Waals surface area contributed by atoms with E-state index in [0.717, 1.165) is 5.92 Å². The Balaban J connectivity index is 1.75. The zero-order valence-electron chi connectivity index (χ0n) is 15.7. The molecule has 1 aliphatic rings. The van der Waals surface area contributed by atoms with E-state index in [0.29, 0.717) is 0 Å². The third kappa shape index (κ3) is 2.17. The van der Waals surface area contributed by atoms with Crippen LogP contribution < -0.4 is 0 Å². The maximum atomic E-state index is 2.46. The van der Waals surface area contributed by atoms with Gasteiger partial charge in [0.15, 0.2) is 0 Å². The van der Waals surface area contributed by atoms with Crippen molar-refractivity contribution in [2.45, 2.75) is 38.0 Å². The van der Waals surface area contributed by atoms with Gasteiger partial charge in [0.2, 0.25) is 0 Å². The highest BCUT2D eigenvalue weighted by atomic mass is 32.1. The molecular formula is C25H23NS. The van der Waals surface area contributed by atoms with E-state index in [1.807, 2.05) is 11.3 Å². The molecule has 134 valence electrons. The first kappa shape index (κ1) is 15.7. The molecule has 2 aromatic heterocycles. The second-order valence-electron chi connectivity index (χ2n) is 8.07. The fraction of sp³-hybridized carbons (Fsp3) is 0.280. The molecule has 2 heteroatoms. The van der Waals surface area contributed by atoms with Crippen LogP contribution in [0.1, 0.15) is 43.6 Å². The molecule has 0 N–H and O–H groups in total. The molecule has 1 saturated carbocycles. The molecule has 1 fully saturated rings. The summed E-state index contributed by atoms with van der Waals surface area (Å²) < 4.78 is 5.29. The average molecular weight is 370 g/mol. The van der Waals surface area contributed by atoms with Crippen molar-refractivity contribution in [3.05, 3.63) is 60.2 Å². The Hall–Kier alpha value is -2.32. The second-order valence-corrected chi connectivity index (χ2v) is 9.12. The molecule has 0 amide bonds. The van der Waals surface area contributed by atoms with Crippen LogP contribution in [0.25, 0.3) is 42.0 Å². The Morgan fingerprint density at radius 2 is 1.63 bits per heavy atom. The molecule has 6 rings (SSSR count). The molecule has 1 nitrogen and oxygen atoms in total. The van der Waals surface area contributed by atoms with Crippen molar-refractivity contribution in [1.29, 1.82) is 0 Å². The molecule has 3 aromatic carbocycles. The van der Waals surface area contributed by atoms with Gasteiger partial charge in [-0.05, 0) is 36.5 Å². The average Bonchev–Trinajstić information content (AvgIpc) is 3.24. The van der Waals surface area contributed by atoms with Gasteiger partial charge in [0.1, 0.15) is 0 Å². The van der Waals surface area contributed by atoms with Gasteiger partial charge in [-0.3, -0.25) is 0 Å². The Bertz CT molecular complexity index is 1310. The second kappa shape index (κ2) is 5.84. The largest absolute Gasteiger partial charge is 0.343 e. The van der Waals surface area contributed by atoms with Gasteiger partial charge in [-0.25, -0.2) is 0 Å². The number of hydrogen-bond acceptors (Lipinski definition) is 1. The number of rotatable bonds is 1. The van der Waals surface area contributed by atoms with Crippen molar-refractivity contribution in [2.75, 3.05) is 0 Å². The van der Waals surface area contributed by atoms with Crippen LogP contribution in [0.2, 0.25) is 0 Å². The number of hydrogen-bond donors (Lipinski definition) is 0. The Labute approximate surface area is 163 Å². The van der Waals surface area contributed by atoms with Crippen LogP contribution in [-0.4, -0.2) is 4.57 Å². The number of aryl methyl sites for hydroxylation is 1. The van der Waals surface area contributed by atoms with E-state index in [2.05, 4.69) is 66.2 Å². The lowest BCUT2D eigenvalue weighted by Crippen LogP contribution is -2.06. The topological polar surface area (TPSA) is 4.93 Å². The molecule has 0 atom stereocenters. The molecule has 0 unspecified atom stereocenters. The van der Waals surface area contributed by atoms with E-state index in [1.165, 1.54) is 74.1 Å². The van der Waals surface area contributed by atoms with E-state index in [9.17, 15) is 0 Å². The minimum absolute atomic E-state index is 0.725. The monoisotopic (exact) mass is 369 g/mol. The van der Waals surface area contributed by atoms with Crippen LogP contribution in [0.5, 0.6) is 0 Å². The molecule has 0 radical (unpaired) electrons. The lowest BCUT2D eigenvalue weighted by atomic mass is 9.83. The van der Waals surface area contributed by atoms with Gasteiger partial charge in [-0.15, -0.1) is 11.3 Å². The highest BCUT2D eigenvalue weighted by Crippen LogP contribution is 2.44. The molecule has 5 aromatic rings. The van der Waals surface area contributed by atoms with Crippen LogP contribution in [-0.2, 0) is 7.05 Å². The first-order chi connectivity index (χ1) is 13.3. The van der Waals surface area contributed by atoms with E-state index in [1.54, 1.807) is 5.56 Å². The first-order valence-electron chi connectivity index (χ1n) is 10.1. The lowest BCUT2D eigenvalue weighted by Gasteiger charge is -2.23. The third-order valence-electron chi connectivity index (χ3n) is 6.60. The molecule has 0 bridgehead atoms. The first-order valence-corrected chi connectivity index (χ1v) is 11.0. The molecule has 0 spiro atoms. The predicted octanol–water partition coefficient (Wildman–Crippen LogP) is 7.75. The van der Waals surface area contributed by atoms with Crippen molar-refractivity contribution in [1.82, 2.24) is 4.57 Å². The normalized spacial score (nSPS) is 16.2. The van der Waals surface area contributed by atoms with Crippen LogP contribution in [0, 0.1) is 0 Å². The number of benzene rings is 3. The zero-order chi connectivity index (χ0) is 18.0. The summed E-state index contributed by atoms with van der Waals surface area (Å²) in [7, 11) is 2.26. The van der Waals surface area contributed by atoms with Crippen LogP contribution in [0.3, 0.4) is 0 Å². The Morgan fingerprint density at radius 1 is 0.815 bits per heavy atom. The summed E-state index contributed by atoms with van der Waals surface area (Å²) in [5.41, 5.74) is 4.40. The molecular weight excluding hydrogens is 346 g/mol. The third-order valence-corrected chi connectivity index (χ3v) is 7.81. The van der Waals surface area contributed by atoms with Crippen molar-refractivity contribution in [3.63, 3.8) is 0 Å². The summed E-state index contributed by atoms with van der Waals surface area (Å²) in [6.07, 6.45) is 6.86. The summed E-state index contributed by atoms with van der Waals surface area (Å²) in [4.78, 5) is 0. The van der Waals surface area contributed by atoms with E-state index in [4.69, 9.17) is 0 Å². The van der Waals surface area contributed by atoms with E-state index >= 15 is 0 Å². The van der Waals surface area contributed by atoms with Gasteiger partial charge < -0.3 is 4.57 Å². The molecule has 2 heterocycles.